The summed E-state index contributed by atoms with van der Waals surface area (Å²) in [4.78, 5) is 13.6. The Morgan fingerprint density at radius 3 is 2.31 bits per heavy atom. The van der Waals surface area contributed by atoms with Crippen molar-refractivity contribution in [3.63, 3.8) is 0 Å². The Bertz CT molecular complexity index is 1380. The minimum absolute atomic E-state index is 0.100. The van der Waals surface area contributed by atoms with Gasteiger partial charge in [-0.3, -0.25) is 4.79 Å². The summed E-state index contributed by atoms with van der Waals surface area (Å²) < 4.78 is 7.64. The fraction of sp³-hybridized carbons (Fsp3) is 0.308. The molecule has 35 heavy (non-hydrogen) atoms. The van der Waals surface area contributed by atoms with E-state index < -0.39 is 0 Å². The Hall–Kier alpha value is -3.16. The Morgan fingerprint density at radius 2 is 1.74 bits per heavy atom. The fourth-order valence-electron chi connectivity index (χ4n) is 3.54. The minimum Gasteiger partial charge on any atom is -0.419 e. The lowest BCUT2D eigenvalue weighted by molar-refractivity contribution is 0.0944. The van der Waals surface area contributed by atoms with E-state index >= 15 is 0 Å². The highest BCUT2D eigenvalue weighted by molar-refractivity contribution is 6.35. The van der Waals surface area contributed by atoms with E-state index in [1.54, 1.807) is 22.9 Å². The van der Waals surface area contributed by atoms with Crippen LogP contribution in [-0.4, -0.2) is 31.9 Å². The number of carbonyl (C=O) groups is 1. The van der Waals surface area contributed by atoms with Gasteiger partial charge in [-0.15, -0.1) is 10.2 Å². The standard InChI is InChI=1S/C26H27Cl2N5O2/c1-14(2)29-23(34)20-21(24-30-31-25(35-24)26(4,5)6)32-33(19-12-11-17(27)13-18(19)28)22(20)16-9-7-15(3)8-10-16/h7-14H,1-6H3,(H,29,34). The summed E-state index contributed by atoms with van der Waals surface area (Å²) >= 11 is 12.7. The van der Waals surface area contributed by atoms with Gasteiger partial charge in [-0.05, 0) is 39.0 Å². The number of amides is 1. The van der Waals surface area contributed by atoms with Crippen molar-refractivity contribution in [3.05, 3.63) is 69.5 Å². The summed E-state index contributed by atoms with van der Waals surface area (Å²) in [5.41, 5.74) is 3.21. The summed E-state index contributed by atoms with van der Waals surface area (Å²) in [6, 6.07) is 12.9. The molecule has 0 saturated heterocycles. The molecule has 0 aliphatic heterocycles. The molecule has 0 spiro atoms. The third kappa shape index (κ3) is 5.11. The quantitative estimate of drug-likeness (QED) is 0.324. The van der Waals surface area contributed by atoms with E-state index in [-0.39, 0.29) is 28.9 Å². The fourth-order valence-corrected chi connectivity index (χ4v) is 4.03. The molecule has 0 radical (unpaired) electrons. The van der Waals surface area contributed by atoms with Crippen LogP contribution < -0.4 is 5.32 Å². The van der Waals surface area contributed by atoms with Crippen molar-refractivity contribution in [1.82, 2.24) is 25.3 Å². The molecule has 2 aromatic heterocycles. The third-order valence-electron chi connectivity index (χ3n) is 5.26. The van der Waals surface area contributed by atoms with Crippen molar-refractivity contribution in [2.75, 3.05) is 0 Å². The van der Waals surface area contributed by atoms with Gasteiger partial charge in [0.25, 0.3) is 11.8 Å². The summed E-state index contributed by atoms with van der Waals surface area (Å²) in [5.74, 6) is 0.289. The van der Waals surface area contributed by atoms with Crippen LogP contribution in [-0.2, 0) is 5.41 Å². The van der Waals surface area contributed by atoms with Gasteiger partial charge in [-0.2, -0.15) is 5.10 Å². The second kappa shape index (κ2) is 9.47. The van der Waals surface area contributed by atoms with E-state index in [0.717, 1.165) is 11.1 Å². The third-order valence-corrected chi connectivity index (χ3v) is 5.80. The highest BCUT2D eigenvalue weighted by atomic mass is 35.5. The van der Waals surface area contributed by atoms with Crippen LogP contribution in [0.3, 0.4) is 0 Å². The molecule has 0 unspecified atom stereocenters. The molecular weight excluding hydrogens is 485 g/mol. The van der Waals surface area contributed by atoms with Gasteiger partial charge in [0.2, 0.25) is 5.89 Å². The largest absolute Gasteiger partial charge is 0.419 e. The van der Waals surface area contributed by atoms with Crippen molar-refractivity contribution in [2.45, 2.75) is 53.0 Å². The number of carbonyl (C=O) groups excluding carboxylic acids is 1. The average Bonchev–Trinajstić information content (AvgIpc) is 3.39. The van der Waals surface area contributed by atoms with Gasteiger partial charge in [0.15, 0.2) is 5.69 Å². The van der Waals surface area contributed by atoms with Crippen LogP contribution in [0, 0.1) is 6.92 Å². The first kappa shape index (κ1) is 24.9. The van der Waals surface area contributed by atoms with Crippen molar-refractivity contribution in [1.29, 1.82) is 0 Å². The van der Waals surface area contributed by atoms with E-state index in [1.807, 2.05) is 65.8 Å². The van der Waals surface area contributed by atoms with E-state index in [0.29, 0.717) is 32.9 Å². The number of hydrogen-bond donors (Lipinski definition) is 1. The molecule has 4 aromatic rings. The minimum atomic E-state index is -0.368. The first-order chi connectivity index (χ1) is 16.5. The smallest absolute Gasteiger partial charge is 0.269 e. The molecule has 1 amide bonds. The Labute approximate surface area is 214 Å². The summed E-state index contributed by atoms with van der Waals surface area (Å²) in [5, 5.41) is 17.1. The van der Waals surface area contributed by atoms with Gasteiger partial charge < -0.3 is 9.73 Å². The van der Waals surface area contributed by atoms with E-state index in [9.17, 15) is 4.79 Å². The second-order valence-corrected chi connectivity index (χ2v) is 10.6. The Kier molecular flexibility index (Phi) is 6.75. The van der Waals surface area contributed by atoms with Crippen molar-refractivity contribution >= 4 is 29.1 Å². The van der Waals surface area contributed by atoms with Gasteiger partial charge in [0.05, 0.1) is 22.0 Å². The topological polar surface area (TPSA) is 85.8 Å². The van der Waals surface area contributed by atoms with Gasteiger partial charge in [-0.25, -0.2) is 4.68 Å². The van der Waals surface area contributed by atoms with Crippen LogP contribution in [0.15, 0.2) is 46.9 Å². The number of aromatic nitrogens is 4. The lowest BCUT2D eigenvalue weighted by atomic mass is 9.97. The molecule has 2 heterocycles. The number of nitrogens with zero attached hydrogens (tertiary/aromatic N) is 4. The molecule has 9 heteroatoms. The zero-order chi connectivity index (χ0) is 25.5. The molecule has 0 aliphatic rings. The van der Waals surface area contributed by atoms with Crippen LogP contribution in [0.2, 0.25) is 10.0 Å². The molecule has 0 saturated carbocycles. The summed E-state index contributed by atoms with van der Waals surface area (Å²) in [7, 11) is 0. The predicted molar refractivity (Wildman–Crippen MR) is 138 cm³/mol. The molecule has 1 N–H and O–H groups in total. The van der Waals surface area contributed by atoms with E-state index in [4.69, 9.17) is 32.7 Å². The van der Waals surface area contributed by atoms with Crippen molar-refractivity contribution in [3.8, 4) is 28.5 Å². The number of benzene rings is 2. The maximum Gasteiger partial charge on any atom is 0.269 e. The molecule has 0 bridgehead atoms. The van der Waals surface area contributed by atoms with Crippen LogP contribution in [0.4, 0.5) is 0 Å². The molecule has 182 valence electrons. The number of aryl methyl sites for hydroxylation is 1. The van der Waals surface area contributed by atoms with Gasteiger partial charge >= 0.3 is 0 Å². The molecule has 0 aliphatic carbocycles. The summed E-state index contributed by atoms with van der Waals surface area (Å²) in [6.07, 6.45) is 0. The molecule has 2 aromatic carbocycles. The molecule has 4 rings (SSSR count). The maximum atomic E-state index is 13.6. The zero-order valence-corrected chi connectivity index (χ0v) is 22.0. The lowest BCUT2D eigenvalue weighted by Crippen LogP contribution is -2.30. The summed E-state index contributed by atoms with van der Waals surface area (Å²) in [6.45, 7) is 11.7. The number of hydrogen-bond acceptors (Lipinski definition) is 5. The highest BCUT2D eigenvalue weighted by Crippen LogP contribution is 2.37. The number of rotatable bonds is 5. The first-order valence-electron chi connectivity index (χ1n) is 11.3. The monoisotopic (exact) mass is 511 g/mol. The molecular formula is C26H27Cl2N5O2. The van der Waals surface area contributed by atoms with E-state index in [2.05, 4.69) is 15.5 Å². The van der Waals surface area contributed by atoms with Crippen molar-refractivity contribution in [2.24, 2.45) is 0 Å². The number of nitrogens with one attached hydrogen (secondary N) is 1. The lowest BCUT2D eigenvalue weighted by Gasteiger charge is -2.13. The average molecular weight is 512 g/mol. The van der Waals surface area contributed by atoms with Crippen LogP contribution >= 0.6 is 23.2 Å². The molecule has 0 fully saturated rings. The zero-order valence-electron chi connectivity index (χ0n) is 20.5. The normalized spacial score (nSPS) is 11.8. The molecule has 0 atom stereocenters. The van der Waals surface area contributed by atoms with Crippen molar-refractivity contribution < 1.29 is 9.21 Å². The highest BCUT2D eigenvalue weighted by Gasteiger charge is 2.32. The van der Waals surface area contributed by atoms with Gasteiger partial charge in [-0.1, -0.05) is 73.8 Å². The van der Waals surface area contributed by atoms with Gasteiger partial charge in [0.1, 0.15) is 0 Å². The Balaban J connectivity index is 2.06. The SMILES string of the molecule is Cc1ccc(-c2c(C(=O)NC(C)C)c(-c3nnc(C(C)(C)C)o3)nn2-c2ccc(Cl)cc2Cl)cc1. The number of halogens is 2. The van der Waals surface area contributed by atoms with E-state index in [1.165, 1.54) is 0 Å². The van der Waals surface area contributed by atoms with Crippen LogP contribution in [0.1, 0.15) is 56.4 Å². The predicted octanol–water partition coefficient (Wildman–Crippen LogP) is 6.64. The first-order valence-corrected chi connectivity index (χ1v) is 12.0. The maximum absolute atomic E-state index is 13.6. The van der Waals surface area contributed by atoms with Crippen LogP contribution in [0.5, 0.6) is 0 Å². The Morgan fingerprint density at radius 1 is 1.06 bits per heavy atom. The second-order valence-electron chi connectivity index (χ2n) is 9.74. The van der Waals surface area contributed by atoms with Crippen LogP contribution in [0.25, 0.3) is 28.5 Å². The molecule has 7 nitrogen and oxygen atoms in total. The van der Waals surface area contributed by atoms with Gasteiger partial charge in [0, 0.05) is 22.0 Å².